The van der Waals surface area contributed by atoms with Crippen molar-refractivity contribution >= 4 is 27.5 Å². The standard InChI is InChI=1S/C37H39F2N5O2/c1-4-27-30(38)8-7-24-17-26(45)18-28(31(24)27)33-32(39)34-29(19-40-33)35(44-22(3)15-23-13-21(2)14-25(44)16-23)42-36(41-34)46-20-37-9-5-11-43(37)12-6-10-37/h1,7-8,17-19,21-23,25,45H,5-6,9-16,20H2,2-3H3. The van der Waals surface area contributed by atoms with Crippen molar-refractivity contribution in [3.05, 3.63) is 47.7 Å². The van der Waals surface area contributed by atoms with Crippen LogP contribution >= 0.6 is 0 Å². The van der Waals surface area contributed by atoms with Crippen molar-refractivity contribution in [2.24, 2.45) is 11.8 Å². The zero-order valence-electron chi connectivity index (χ0n) is 26.4. The molecule has 0 radical (unpaired) electrons. The summed E-state index contributed by atoms with van der Waals surface area (Å²) < 4.78 is 38.3. The van der Waals surface area contributed by atoms with Gasteiger partial charge in [0.15, 0.2) is 5.82 Å². The van der Waals surface area contributed by atoms with E-state index >= 15 is 4.39 Å². The molecule has 9 heteroatoms. The van der Waals surface area contributed by atoms with Crippen LogP contribution in [0.4, 0.5) is 14.6 Å². The topological polar surface area (TPSA) is 74.6 Å². The highest BCUT2D eigenvalue weighted by atomic mass is 19.1. The predicted octanol–water partition coefficient (Wildman–Crippen LogP) is 7.22. The van der Waals surface area contributed by atoms with Gasteiger partial charge in [-0.1, -0.05) is 18.9 Å². The molecule has 5 heterocycles. The number of hydrogen-bond donors (Lipinski definition) is 1. The minimum Gasteiger partial charge on any atom is -0.508 e. The summed E-state index contributed by atoms with van der Waals surface area (Å²) in [6, 6.07) is 6.27. The molecule has 1 saturated carbocycles. The van der Waals surface area contributed by atoms with Crippen molar-refractivity contribution in [1.29, 1.82) is 0 Å². The van der Waals surface area contributed by atoms with Crippen LogP contribution in [0.5, 0.6) is 11.8 Å². The fourth-order valence-electron chi connectivity index (χ4n) is 9.35. The van der Waals surface area contributed by atoms with Crippen LogP contribution in [0.3, 0.4) is 0 Å². The molecular formula is C37H39F2N5O2. The molecular weight excluding hydrogens is 584 g/mol. The van der Waals surface area contributed by atoms with E-state index in [0.717, 1.165) is 58.0 Å². The lowest BCUT2D eigenvalue weighted by Crippen LogP contribution is -2.52. The number of benzene rings is 2. The number of piperidine rings is 1. The molecule has 0 spiro atoms. The van der Waals surface area contributed by atoms with Gasteiger partial charge in [-0.2, -0.15) is 9.97 Å². The van der Waals surface area contributed by atoms with Crippen LogP contribution in [0.25, 0.3) is 32.9 Å². The maximum Gasteiger partial charge on any atom is 0.319 e. The molecule has 4 atom stereocenters. The Bertz CT molecular complexity index is 1890. The number of anilines is 1. The van der Waals surface area contributed by atoms with Gasteiger partial charge < -0.3 is 14.7 Å². The molecule has 2 aromatic carbocycles. The Morgan fingerprint density at radius 3 is 2.65 bits per heavy atom. The lowest BCUT2D eigenvalue weighted by molar-refractivity contribution is 0.107. The monoisotopic (exact) mass is 623 g/mol. The van der Waals surface area contributed by atoms with Gasteiger partial charge in [-0.05, 0) is 107 Å². The highest BCUT2D eigenvalue weighted by Gasteiger charge is 2.45. The number of rotatable bonds is 5. The summed E-state index contributed by atoms with van der Waals surface area (Å²) in [6.45, 7) is 7.14. The lowest BCUT2D eigenvalue weighted by Gasteiger charge is -2.49. The Kier molecular flexibility index (Phi) is 7.06. The minimum absolute atomic E-state index is 0.0127. The molecule has 238 valence electrons. The first-order valence-electron chi connectivity index (χ1n) is 16.7. The van der Waals surface area contributed by atoms with E-state index < -0.39 is 11.6 Å². The minimum atomic E-state index is -0.689. The van der Waals surface area contributed by atoms with Crippen LogP contribution in [0.2, 0.25) is 0 Å². The first-order chi connectivity index (χ1) is 22.2. The molecule has 3 aliphatic heterocycles. The van der Waals surface area contributed by atoms with Crippen LogP contribution in [0.1, 0.15) is 70.8 Å². The third-order valence-electron chi connectivity index (χ3n) is 11.2. The molecule has 3 saturated heterocycles. The molecule has 4 fully saturated rings. The van der Waals surface area contributed by atoms with E-state index in [4.69, 9.17) is 21.1 Å². The van der Waals surface area contributed by atoms with Gasteiger partial charge in [-0.15, -0.1) is 6.42 Å². The number of phenols is 1. The van der Waals surface area contributed by atoms with E-state index in [-0.39, 0.29) is 51.7 Å². The third-order valence-corrected chi connectivity index (χ3v) is 11.2. The first kappa shape index (κ1) is 29.4. The van der Waals surface area contributed by atoms with E-state index in [1.54, 1.807) is 6.20 Å². The van der Waals surface area contributed by atoms with Gasteiger partial charge in [0.25, 0.3) is 0 Å². The van der Waals surface area contributed by atoms with Crippen molar-refractivity contribution in [1.82, 2.24) is 19.9 Å². The number of halogens is 2. The van der Waals surface area contributed by atoms with Crippen LogP contribution < -0.4 is 9.64 Å². The van der Waals surface area contributed by atoms with Crippen LogP contribution in [-0.2, 0) is 0 Å². The van der Waals surface area contributed by atoms with Gasteiger partial charge in [-0.25, -0.2) is 8.78 Å². The summed E-state index contributed by atoms with van der Waals surface area (Å²) in [7, 11) is 0. The van der Waals surface area contributed by atoms with Gasteiger partial charge in [0.05, 0.1) is 16.5 Å². The fraction of sp³-hybridized carbons (Fsp3) is 0.486. The molecule has 8 rings (SSSR count). The number of ether oxygens (including phenoxy) is 1. The molecule has 2 aromatic heterocycles. The van der Waals surface area contributed by atoms with Gasteiger partial charge in [-0.3, -0.25) is 9.88 Å². The number of aromatic nitrogens is 3. The zero-order chi connectivity index (χ0) is 31.7. The van der Waals surface area contributed by atoms with Crippen molar-refractivity contribution in [3.63, 3.8) is 0 Å². The first-order valence-corrected chi connectivity index (χ1v) is 16.7. The van der Waals surface area contributed by atoms with E-state index in [1.165, 1.54) is 30.7 Å². The molecule has 4 aromatic rings. The number of pyridine rings is 1. The number of terminal acetylenes is 1. The Morgan fingerprint density at radius 1 is 1.07 bits per heavy atom. The zero-order valence-corrected chi connectivity index (χ0v) is 26.4. The Morgan fingerprint density at radius 2 is 1.87 bits per heavy atom. The van der Waals surface area contributed by atoms with Crippen LogP contribution in [0.15, 0.2) is 30.5 Å². The summed E-state index contributed by atoms with van der Waals surface area (Å²) in [5, 5.41) is 11.9. The van der Waals surface area contributed by atoms with Gasteiger partial charge >= 0.3 is 6.01 Å². The SMILES string of the molecule is C#Cc1c(F)ccc2cc(O)cc(-c3ncc4c(N5C(C)CC6CC(C)CC5C6)nc(OCC56CCCN5CCC6)nc4c3F)c12. The summed E-state index contributed by atoms with van der Waals surface area (Å²) >= 11 is 0. The quantitative estimate of drug-likeness (QED) is 0.235. The Labute approximate surface area is 268 Å². The average molecular weight is 624 g/mol. The second kappa shape index (κ2) is 11.0. The van der Waals surface area contributed by atoms with Gasteiger partial charge in [0.2, 0.25) is 0 Å². The summed E-state index contributed by atoms with van der Waals surface area (Å²) in [5.41, 5.74) is 0.180. The summed E-state index contributed by atoms with van der Waals surface area (Å²) in [4.78, 5) is 19.2. The van der Waals surface area contributed by atoms with E-state index in [9.17, 15) is 9.50 Å². The number of nitrogens with zero attached hydrogens (tertiary/aromatic N) is 5. The second-order valence-corrected chi connectivity index (χ2v) is 14.2. The highest BCUT2D eigenvalue weighted by molar-refractivity contribution is 6.03. The van der Waals surface area contributed by atoms with Crippen molar-refractivity contribution in [3.8, 4) is 35.4 Å². The smallest absolute Gasteiger partial charge is 0.319 e. The molecule has 0 amide bonds. The second-order valence-electron chi connectivity index (χ2n) is 14.2. The van der Waals surface area contributed by atoms with Gasteiger partial charge in [0.1, 0.15) is 35.2 Å². The summed E-state index contributed by atoms with van der Waals surface area (Å²) in [6.07, 6.45) is 16.2. The fourth-order valence-corrected chi connectivity index (χ4v) is 9.35. The van der Waals surface area contributed by atoms with Crippen molar-refractivity contribution in [2.75, 3.05) is 24.6 Å². The number of aromatic hydroxyl groups is 1. The maximum atomic E-state index is 17.0. The summed E-state index contributed by atoms with van der Waals surface area (Å²) in [5.74, 6) is 2.93. The number of fused-ring (bicyclic) bond motifs is 5. The van der Waals surface area contributed by atoms with Crippen LogP contribution in [-0.4, -0.2) is 62.3 Å². The van der Waals surface area contributed by atoms with E-state index in [2.05, 4.69) is 34.6 Å². The molecule has 7 nitrogen and oxygen atoms in total. The van der Waals surface area contributed by atoms with Crippen molar-refractivity contribution in [2.45, 2.75) is 82.8 Å². The molecule has 4 unspecified atom stereocenters. The lowest BCUT2D eigenvalue weighted by atomic mass is 9.72. The highest BCUT2D eigenvalue weighted by Crippen LogP contribution is 2.45. The Balaban J connectivity index is 1.30. The third kappa shape index (κ3) is 4.67. The number of phenolic OH excluding ortho intramolecular Hbond substituents is 1. The van der Waals surface area contributed by atoms with Crippen molar-refractivity contribution < 1.29 is 18.6 Å². The molecule has 46 heavy (non-hydrogen) atoms. The molecule has 1 aliphatic carbocycles. The molecule has 1 N–H and O–H groups in total. The average Bonchev–Trinajstić information content (AvgIpc) is 3.60. The van der Waals surface area contributed by atoms with Crippen LogP contribution in [0, 0.1) is 35.8 Å². The van der Waals surface area contributed by atoms with E-state index in [1.807, 2.05) is 0 Å². The Hall–Kier alpha value is -4.03. The molecule has 2 bridgehead atoms. The maximum absolute atomic E-state index is 17.0. The number of hydrogen-bond acceptors (Lipinski definition) is 7. The largest absolute Gasteiger partial charge is 0.508 e. The predicted molar refractivity (Wildman–Crippen MR) is 175 cm³/mol. The molecule has 4 aliphatic rings. The van der Waals surface area contributed by atoms with Gasteiger partial charge in [0, 0.05) is 29.2 Å². The normalized spacial score (nSPS) is 25.6. The van der Waals surface area contributed by atoms with E-state index in [0.29, 0.717) is 40.4 Å².